The summed E-state index contributed by atoms with van der Waals surface area (Å²) in [6.07, 6.45) is 7.21. The number of aliphatic imine (C=N–C) groups is 2. The molecule has 10 heteroatoms. The minimum atomic E-state index is -0.502. The standard InChI is InChI=1S/C82H90N2O8/c1-77(2,3)55-37-59(47-23-27-49(28-24-47)75(87)89-17)71-63(41-55)81(13,14)65-43-57(79(7,8)9)39-61(73(65)91-71)51-31-33-69(85)53(35-51)45-83-67-21-19-20-22-68(67)84-46-54-36-52(32-34-70(54)86)62-40-58(80(10,11)12)44-66-74(62)92-72-60(48-25-29-50(30-26-48)76(88)90-18)38-56(78(4,5)6)42-64(72)82(66,15)16/h23-46,67-68,85-86H,19-22H2,1-18H3/t67-,68-/m1/s1. The van der Waals surface area contributed by atoms with Gasteiger partial charge in [-0.05, 0) is 152 Å². The molecule has 0 unspecified atom stereocenters. The molecule has 1 saturated carbocycles. The van der Waals surface area contributed by atoms with Gasteiger partial charge in [-0.1, -0.05) is 184 Å². The van der Waals surface area contributed by atoms with Gasteiger partial charge in [0.05, 0.1) is 37.4 Å². The van der Waals surface area contributed by atoms with Crippen LogP contribution in [0.3, 0.4) is 0 Å². The van der Waals surface area contributed by atoms with Gasteiger partial charge >= 0.3 is 11.9 Å². The maximum Gasteiger partial charge on any atom is 0.337 e. The van der Waals surface area contributed by atoms with E-state index in [1.165, 1.54) is 25.3 Å². The molecule has 0 amide bonds. The summed E-state index contributed by atoms with van der Waals surface area (Å²) < 4.78 is 24.8. The van der Waals surface area contributed by atoms with Crippen LogP contribution in [0.15, 0.2) is 143 Å². The van der Waals surface area contributed by atoms with Gasteiger partial charge in [0, 0.05) is 78.9 Å². The quantitative estimate of drug-likeness (QED) is 0.102. The largest absolute Gasteiger partial charge is 0.507 e. The highest BCUT2D eigenvalue weighted by Gasteiger charge is 2.42. The maximum atomic E-state index is 12.6. The molecular weight excluding hydrogens is 1140 g/mol. The topological polar surface area (TPSA) is 136 Å². The fraction of sp³-hybridized carbons (Fsp3) is 0.366. The number of hydrogen-bond acceptors (Lipinski definition) is 10. The van der Waals surface area contributed by atoms with E-state index in [-0.39, 0.29) is 45.2 Å². The Kier molecular flexibility index (Phi) is 16.7. The van der Waals surface area contributed by atoms with Crippen molar-refractivity contribution in [2.75, 3.05) is 14.2 Å². The normalized spacial score (nSPS) is 16.8. The third-order valence-electron chi connectivity index (χ3n) is 19.3. The molecule has 92 heavy (non-hydrogen) atoms. The zero-order chi connectivity index (χ0) is 66.4. The Balaban J connectivity index is 0.938. The second kappa shape index (κ2) is 23.7. The smallest absolute Gasteiger partial charge is 0.337 e. The molecule has 2 heterocycles. The maximum absolute atomic E-state index is 12.6. The third-order valence-corrected chi connectivity index (χ3v) is 19.3. The van der Waals surface area contributed by atoms with Gasteiger partial charge in [0.25, 0.3) is 0 Å². The summed E-state index contributed by atoms with van der Waals surface area (Å²) in [7, 11) is 2.78. The number of phenols is 2. The molecule has 10 nitrogen and oxygen atoms in total. The Morgan fingerprint density at radius 1 is 0.424 bits per heavy atom. The Bertz CT molecular complexity index is 4010. The van der Waals surface area contributed by atoms with Crippen LogP contribution in [-0.2, 0) is 42.0 Å². The van der Waals surface area contributed by atoms with Crippen molar-refractivity contribution in [3.63, 3.8) is 0 Å². The number of carbonyl (C=O) groups is 2. The first kappa shape index (κ1) is 64.8. The molecule has 8 aromatic rings. The number of fused-ring (bicyclic) bond motifs is 4. The summed E-state index contributed by atoms with van der Waals surface area (Å²) in [6, 6.07) is 44.2. The van der Waals surface area contributed by atoms with Gasteiger partial charge in [-0.25, -0.2) is 9.59 Å². The molecule has 8 aromatic carbocycles. The number of methoxy groups -OCH3 is 2. The Morgan fingerprint density at radius 2 is 0.696 bits per heavy atom. The Hall–Kier alpha value is -8.76. The first-order valence-electron chi connectivity index (χ1n) is 32.4. The number of nitrogens with zero attached hydrogens (tertiary/aromatic N) is 2. The van der Waals surface area contributed by atoms with Gasteiger partial charge in [-0.2, -0.15) is 0 Å². The van der Waals surface area contributed by atoms with Crippen LogP contribution in [0.5, 0.6) is 34.5 Å². The molecule has 2 aliphatic heterocycles. The molecule has 2 N–H and O–H groups in total. The zero-order valence-electron chi connectivity index (χ0n) is 57.1. The SMILES string of the molecule is COC(=O)c1ccc(-c2cc(C(C)(C)C)cc3c2Oc2c(-c4ccc(O)c(C=N[C@@H]5CCCC[C@H]5N=Cc5cc(-c6cc(C(C)(C)C)cc7c6Oc6c(-c8ccc(C(=O)OC)cc8)cc(C(C)(C)C)cc6C7(C)C)ccc5O)c4)cc(C(C)(C)C)cc2C3(C)C)cc1. The number of benzene rings is 8. The number of carbonyl (C=O) groups excluding carboxylic acids is 2. The van der Waals surface area contributed by atoms with Crippen molar-refractivity contribution in [1.82, 2.24) is 0 Å². The molecule has 476 valence electrons. The molecule has 11 rings (SSSR count). The van der Waals surface area contributed by atoms with E-state index >= 15 is 0 Å². The van der Waals surface area contributed by atoms with Crippen LogP contribution in [0.2, 0.25) is 0 Å². The average molecular weight is 1230 g/mol. The zero-order valence-corrected chi connectivity index (χ0v) is 57.1. The first-order chi connectivity index (χ1) is 43.2. The molecule has 2 atom stereocenters. The number of ether oxygens (including phenoxy) is 4. The number of phenolic OH excluding ortho intramolecular Hbond substituents is 2. The second-order valence-electron chi connectivity index (χ2n) is 30.7. The predicted molar refractivity (Wildman–Crippen MR) is 374 cm³/mol. The minimum absolute atomic E-state index is 0.115. The van der Waals surface area contributed by atoms with Crippen LogP contribution in [0.4, 0.5) is 0 Å². The van der Waals surface area contributed by atoms with E-state index in [9.17, 15) is 19.8 Å². The minimum Gasteiger partial charge on any atom is -0.507 e. The summed E-state index contributed by atoms with van der Waals surface area (Å²) in [5.74, 6) is 2.48. The number of rotatable bonds is 10. The van der Waals surface area contributed by atoms with E-state index in [0.29, 0.717) is 22.3 Å². The van der Waals surface area contributed by atoms with Crippen molar-refractivity contribution in [2.45, 2.75) is 181 Å². The monoisotopic (exact) mass is 1230 g/mol. The van der Waals surface area contributed by atoms with Crippen LogP contribution in [0.25, 0.3) is 44.5 Å². The molecule has 1 fully saturated rings. The van der Waals surface area contributed by atoms with Gasteiger partial charge in [0.1, 0.15) is 34.5 Å². The molecule has 0 radical (unpaired) electrons. The van der Waals surface area contributed by atoms with E-state index in [0.717, 1.165) is 127 Å². The molecule has 0 saturated heterocycles. The summed E-state index contributed by atoms with van der Waals surface area (Å²) >= 11 is 0. The van der Waals surface area contributed by atoms with Crippen LogP contribution in [0, 0.1) is 0 Å². The fourth-order valence-electron chi connectivity index (χ4n) is 13.1. The van der Waals surface area contributed by atoms with Crippen LogP contribution in [0.1, 0.15) is 213 Å². The highest BCUT2D eigenvalue weighted by atomic mass is 16.5. The lowest BCUT2D eigenvalue weighted by molar-refractivity contribution is 0.0592. The van der Waals surface area contributed by atoms with Gasteiger partial charge in [0.2, 0.25) is 0 Å². The van der Waals surface area contributed by atoms with Crippen molar-refractivity contribution in [2.24, 2.45) is 9.98 Å². The van der Waals surface area contributed by atoms with Gasteiger partial charge < -0.3 is 29.2 Å². The van der Waals surface area contributed by atoms with E-state index < -0.39 is 22.8 Å². The van der Waals surface area contributed by atoms with E-state index in [1.807, 2.05) is 48.5 Å². The van der Waals surface area contributed by atoms with Crippen molar-refractivity contribution >= 4 is 24.4 Å². The van der Waals surface area contributed by atoms with E-state index in [2.05, 4.69) is 159 Å². The fourth-order valence-corrected chi connectivity index (χ4v) is 13.1. The van der Waals surface area contributed by atoms with Crippen molar-refractivity contribution in [3.05, 3.63) is 200 Å². The Morgan fingerprint density at radius 3 is 0.967 bits per heavy atom. The number of aromatic hydroxyl groups is 2. The van der Waals surface area contributed by atoms with E-state index in [4.69, 9.17) is 28.9 Å². The highest BCUT2D eigenvalue weighted by Crippen LogP contribution is 2.58. The van der Waals surface area contributed by atoms with Gasteiger partial charge in [0.15, 0.2) is 0 Å². The molecule has 1 aliphatic carbocycles. The second-order valence-corrected chi connectivity index (χ2v) is 30.7. The molecule has 3 aliphatic rings. The van der Waals surface area contributed by atoms with Crippen molar-refractivity contribution < 1.29 is 38.7 Å². The van der Waals surface area contributed by atoms with Gasteiger partial charge in [-0.15, -0.1) is 0 Å². The summed E-state index contributed by atoms with van der Waals surface area (Å²) in [5.41, 5.74) is 16.6. The molecule has 0 aromatic heterocycles. The lowest BCUT2D eigenvalue weighted by atomic mass is 9.70. The molecule has 0 spiro atoms. The lowest BCUT2D eigenvalue weighted by Crippen LogP contribution is -2.27. The molecule has 0 bridgehead atoms. The van der Waals surface area contributed by atoms with Crippen LogP contribution >= 0.6 is 0 Å². The van der Waals surface area contributed by atoms with Crippen molar-refractivity contribution in [3.8, 4) is 79.0 Å². The summed E-state index contributed by atoms with van der Waals surface area (Å²) in [5, 5.41) is 23.3. The van der Waals surface area contributed by atoms with Crippen LogP contribution < -0.4 is 9.47 Å². The van der Waals surface area contributed by atoms with E-state index in [1.54, 1.807) is 48.8 Å². The summed E-state index contributed by atoms with van der Waals surface area (Å²) in [4.78, 5) is 35.6. The Labute approximate surface area is 544 Å². The summed E-state index contributed by atoms with van der Waals surface area (Å²) in [6.45, 7) is 35.9. The first-order valence-corrected chi connectivity index (χ1v) is 32.4. The molecular formula is C82H90N2O8. The number of esters is 2. The highest BCUT2D eigenvalue weighted by molar-refractivity contribution is 5.93. The van der Waals surface area contributed by atoms with Crippen molar-refractivity contribution in [1.29, 1.82) is 0 Å². The van der Waals surface area contributed by atoms with Gasteiger partial charge in [-0.3, -0.25) is 9.98 Å². The number of hydrogen-bond donors (Lipinski definition) is 2. The average Bonchev–Trinajstić information content (AvgIpc) is 0.724. The van der Waals surface area contributed by atoms with Crippen LogP contribution in [-0.4, -0.2) is 60.9 Å². The third kappa shape index (κ3) is 12.3. The predicted octanol–water partition coefficient (Wildman–Crippen LogP) is 20.2. The lowest BCUT2D eigenvalue weighted by Gasteiger charge is -2.39.